The number of hydrogen-bond donors (Lipinski definition) is 1. The van der Waals surface area contributed by atoms with E-state index >= 15 is 0 Å². The average molecular weight is 353 g/mol. The van der Waals surface area contributed by atoms with Crippen LogP contribution in [0.2, 0.25) is 0 Å². The molecule has 3 aromatic rings. The first kappa shape index (κ1) is 16.4. The molecule has 0 saturated carbocycles. The van der Waals surface area contributed by atoms with E-state index < -0.39 is 5.97 Å². The van der Waals surface area contributed by atoms with Crippen molar-refractivity contribution < 1.29 is 19.4 Å². The van der Waals surface area contributed by atoms with Crippen molar-refractivity contribution in [3.63, 3.8) is 0 Å². The van der Waals surface area contributed by atoms with E-state index in [1.165, 1.54) is 0 Å². The number of nitrogens with zero attached hydrogens (tertiary/aromatic N) is 3. The van der Waals surface area contributed by atoms with Gasteiger partial charge in [-0.05, 0) is 38.1 Å². The number of pyridine rings is 1. The molecule has 1 N–H and O–H groups in total. The van der Waals surface area contributed by atoms with E-state index in [4.69, 9.17) is 9.47 Å². The summed E-state index contributed by atoms with van der Waals surface area (Å²) in [5, 5.41) is 14.5. The summed E-state index contributed by atoms with van der Waals surface area (Å²) >= 11 is 0. The number of hydrogen-bond acceptors (Lipinski definition) is 5. The van der Waals surface area contributed by atoms with Crippen molar-refractivity contribution in [1.82, 2.24) is 14.8 Å². The van der Waals surface area contributed by atoms with Crippen LogP contribution >= 0.6 is 0 Å². The third-order valence-electron chi connectivity index (χ3n) is 4.33. The Morgan fingerprint density at radius 2 is 1.96 bits per heavy atom. The highest BCUT2D eigenvalue weighted by molar-refractivity contribution is 6.02. The molecule has 134 valence electrons. The highest BCUT2D eigenvalue weighted by Gasteiger charge is 2.19. The molecule has 0 amide bonds. The Bertz CT molecular complexity index is 994. The number of carbonyl (C=O) groups is 1. The molecule has 0 aliphatic carbocycles. The molecule has 4 rings (SSSR count). The zero-order valence-corrected chi connectivity index (χ0v) is 14.6. The van der Waals surface area contributed by atoms with Gasteiger partial charge in [0.25, 0.3) is 0 Å². The Morgan fingerprint density at radius 1 is 1.19 bits per heavy atom. The summed E-state index contributed by atoms with van der Waals surface area (Å²) in [6.07, 6.45) is 2.38. The minimum atomic E-state index is -1.00. The molecule has 0 unspecified atom stereocenters. The fourth-order valence-corrected chi connectivity index (χ4v) is 3.04. The largest absolute Gasteiger partial charge is 0.490 e. The van der Waals surface area contributed by atoms with Gasteiger partial charge in [0.1, 0.15) is 0 Å². The molecule has 0 saturated heterocycles. The summed E-state index contributed by atoms with van der Waals surface area (Å²) in [4.78, 5) is 16.4. The Balaban J connectivity index is 1.90. The molecule has 0 fully saturated rings. The number of aromatic nitrogens is 3. The molecule has 0 radical (unpaired) electrons. The lowest BCUT2D eigenvalue weighted by Gasteiger charge is -2.11. The number of carboxylic acids is 1. The third kappa shape index (κ3) is 2.75. The van der Waals surface area contributed by atoms with Gasteiger partial charge in [0.15, 0.2) is 17.1 Å². The molecule has 0 bridgehead atoms. The fraction of sp³-hybridized carbons (Fsp3) is 0.316. The number of aromatic carboxylic acids is 1. The molecule has 1 aromatic carbocycles. The van der Waals surface area contributed by atoms with Crippen molar-refractivity contribution in [2.75, 3.05) is 13.2 Å². The predicted octanol–water partition coefficient (Wildman–Crippen LogP) is 3.54. The van der Waals surface area contributed by atoms with Crippen LogP contribution in [0.1, 0.15) is 36.7 Å². The van der Waals surface area contributed by atoms with Gasteiger partial charge in [-0.25, -0.2) is 14.5 Å². The summed E-state index contributed by atoms with van der Waals surface area (Å²) in [5.41, 5.74) is 2.08. The summed E-state index contributed by atoms with van der Waals surface area (Å²) in [6.45, 7) is 5.17. The minimum absolute atomic E-state index is 0.0701. The van der Waals surface area contributed by atoms with E-state index in [1.807, 2.05) is 32.0 Å². The second-order valence-corrected chi connectivity index (χ2v) is 6.49. The van der Waals surface area contributed by atoms with Gasteiger partial charge in [-0.2, -0.15) is 5.10 Å². The highest BCUT2D eigenvalue weighted by Crippen LogP contribution is 2.35. The molecule has 1 aliphatic heterocycles. The lowest BCUT2D eigenvalue weighted by molar-refractivity contribution is 0.0699. The Labute approximate surface area is 150 Å². The van der Waals surface area contributed by atoms with Crippen LogP contribution < -0.4 is 9.47 Å². The minimum Gasteiger partial charge on any atom is -0.490 e. The molecule has 7 heteroatoms. The van der Waals surface area contributed by atoms with Crippen LogP contribution in [0.15, 0.2) is 30.5 Å². The lowest BCUT2D eigenvalue weighted by atomic mass is 10.1. The summed E-state index contributed by atoms with van der Waals surface area (Å²) < 4.78 is 13.1. The second kappa shape index (κ2) is 6.33. The van der Waals surface area contributed by atoms with Crippen LogP contribution in [0.5, 0.6) is 11.5 Å². The van der Waals surface area contributed by atoms with Crippen LogP contribution in [-0.4, -0.2) is 39.1 Å². The van der Waals surface area contributed by atoms with Gasteiger partial charge in [-0.3, -0.25) is 0 Å². The van der Waals surface area contributed by atoms with E-state index in [0.29, 0.717) is 41.4 Å². The van der Waals surface area contributed by atoms with Gasteiger partial charge >= 0.3 is 5.97 Å². The summed E-state index contributed by atoms with van der Waals surface area (Å²) in [7, 11) is 0. The molecule has 0 atom stereocenters. The van der Waals surface area contributed by atoms with Crippen molar-refractivity contribution in [1.29, 1.82) is 0 Å². The molecule has 26 heavy (non-hydrogen) atoms. The molecule has 3 heterocycles. The molecule has 0 spiro atoms. The second-order valence-electron chi connectivity index (χ2n) is 6.49. The van der Waals surface area contributed by atoms with Crippen molar-refractivity contribution in [2.45, 2.75) is 26.3 Å². The van der Waals surface area contributed by atoms with E-state index in [2.05, 4.69) is 10.1 Å². The molecular formula is C19H19N3O4. The SMILES string of the molecule is CC(C)n1ncc2c(C(=O)O)cc(-c3ccc4c(c3)OCCCO4)nc21. The van der Waals surface area contributed by atoms with Crippen molar-refractivity contribution in [3.8, 4) is 22.8 Å². The summed E-state index contributed by atoms with van der Waals surface area (Å²) in [6, 6.07) is 7.19. The fourth-order valence-electron chi connectivity index (χ4n) is 3.04. The highest BCUT2D eigenvalue weighted by atomic mass is 16.5. The van der Waals surface area contributed by atoms with Crippen LogP contribution in [0, 0.1) is 0 Å². The van der Waals surface area contributed by atoms with Crippen molar-refractivity contribution >= 4 is 17.0 Å². The summed E-state index contributed by atoms with van der Waals surface area (Å²) in [5.74, 6) is 0.338. The zero-order chi connectivity index (χ0) is 18.3. The van der Waals surface area contributed by atoms with E-state index in [-0.39, 0.29) is 11.6 Å². The number of ether oxygens (including phenoxy) is 2. The van der Waals surface area contributed by atoms with Crippen LogP contribution in [0.3, 0.4) is 0 Å². The normalized spacial score (nSPS) is 13.8. The van der Waals surface area contributed by atoms with Gasteiger partial charge in [0.05, 0.1) is 36.1 Å². The van der Waals surface area contributed by atoms with Gasteiger partial charge in [0, 0.05) is 18.0 Å². The molecule has 2 aromatic heterocycles. The van der Waals surface area contributed by atoms with Crippen LogP contribution in [-0.2, 0) is 0 Å². The quantitative estimate of drug-likeness (QED) is 0.775. The number of rotatable bonds is 3. The lowest BCUT2D eigenvalue weighted by Crippen LogP contribution is -2.05. The van der Waals surface area contributed by atoms with Gasteiger partial charge < -0.3 is 14.6 Å². The van der Waals surface area contributed by atoms with Gasteiger partial charge in [-0.15, -0.1) is 0 Å². The topological polar surface area (TPSA) is 86.5 Å². The Morgan fingerprint density at radius 3 is 2.69 bits per heavy atom. The number of fused-ring (bicyclic) bond motifs is 2. The Hall–Kier alpha value is -3.09. The van der Waals surface area contributed by atoms with E-state index in [1.54, 1.807) is 16.9 Å². The number of carboxylic acid groups (broad SMARTS) is 1. The predicted molar refractivity (Wildman–Crippen MR) is 95.9 cm³/mol. The maximum Gasteiger partial charge on any atom is 0.336 e. The monoisotopic (exact) mass is 353 g/mol. The van der Waals surface area contributed by atoms with E-state index in [9.17, 15) is 9.90 Å². The molecule has 1 aliphatic rings. The van der Waals surface area contributed by atoms with Crippen LogP contribution in [0.4, 0.5) is 0 Å². The van der Waals surface area contributed by atoms with Gasteiger partial charge in [-0.1, -0.05) is 0 Å². The first-order valence-corrected chi connectivity index (χ1v) is 8.56. The van der Waals surface area contributed by atoms with Crippen molar-refractivity contribution in [3.05, 3.63) is 36.0 Å². The maximum atomic E-state index is 11.7. The smallest absolute Gasteiger partial charge is 0.336 e. The first-order valence-electron chi connectivity index (χ1n) is 8.56. The molecular weight excluding hydrogens is 334 g/mol. The molecule has 7 nitrogen and oxygen atoms in total. The van der Waals surface area contributed by atoms with E-state index in [0.717, 1.165) is 12.0 Å². The standard InChI is InChI=1S/C19H19N3O4/c1-11(2)22-18-14(10-20-22)13(19(23)24)9-15(21-18)12-4-5-16-17(8-12)26-7-3-6-25-16/h4-5,8-11H,3,6-7H2,1-2H3,(H,23,24). The third-order valence-corrected chi connectivity index (χ3v) is 4.33. The average Bonchev–Trinajstić information content (AvgIpc) is 2.91. The van der Waals surface area contributed by atoms with Crippen LogP contribution in [0.25, 0.3) is 22.3 Å². The first-order chi connectivity index (χ1) is 12.5. The number of benzene rings is 1. The Kier molecular flexibility index (Phi) is 3.99. The zero-order valence-electron chi connectivity index (χ0n) is 14.6. The van der Waals surface area contributed by atoms with Crippen molar-refractivity contribution in [2.24, 2.45) is 0 Å². The van der Waals surface area contributed by atoms with Gasteiger partial charge in [0.2, 0.25) is 0 Å². The maximum absolute atomic E-state index is 11.7.